The minimum Gasteiger partial charge on any atom is -0.497 e. The number of carbonyl (C=O) groups excluding carboxylic acids is 3. The smallest absolute Gasteiger partial charge is 0.323 e. The lowest BCUT2D eigenvalue weighted by Crippen LogP contribution is -2.55. The third-order valence-electron chi connectivity index (χ3n) is 6.63. The van der Waals surface area contributed by atoms with Gasteiger partial charge < -0.3 is 25.0 Å². The zero-order valence-corrected chi connectivity index (χ0v) is 20.0. The average molecular weight is 492 g/mol. The summed E-state index contributed by atoms with van der Waals surface area (Å²) in [5, 5.41) is 13.0. The molecule has 188 valence electrons. The molecule has 1 unspecified atom stereocenters. The van der Waals surface area contributed by atoms with Crippen molar-refractivity contribution < 1.29 is 29.0 Å². The van der Waals surface area contributed by atoms with E-state index >= 15 is 0 Å². The van der Waals surface area contributed by atoms with Gasteiger partial charge in [0.2, 0.25) is 5.91 Å². The Hall–Kier alpha value is -4.14. The van der Waals surface area contributed by atoms with E-state index in [0.29, 0.717) is 35.2 Å². The Morgan fingerprint density at radius 3 is 2.56 bits per heavy atom. The van der Waals surface area contributed by atoms with Gasteiger partial charge in [-0.1, -0.05) is 43.5 Å². The van der Waals surface area contributed by atoms with Crippen LogP contribution >= 0.6 is 0 Å². The van der Waals surface area contributed by atoms with Crippen molar-refractivity contribution in [1.82, 2.24) is 9.88 Å². The van der Waals surface area contributed by atoms with Crippen LogP contribution in [0.5, 0.6) is 5.75 Å². The first-order valence-electron chi connectivity index (χ1n) is 12.0. The van der Waals surface area contributed by atoms with Gasteiger partial charge in [0.1, 0.15) is 18.3 Å². The molecule has 0 bridgehead atoms. The number of rotatable bonds is 9. The van der Waals surface area contributed by atoms with Crippen LogP contribution in [0.1, 0.15) is 42.5 Å². The predicted octanol–water partition coefficient (Wildman–Crippen LogP) is 3.86. The number of nitrogens with one attached hydrogen (secondary N) is 2. The molecule has 36 heavy (non-hydrogen) atoms. The van der Waals surface area contributed by atoms with Crippen molar-refractivity contribution in [3.05, 3.63) is 60.3 Å². The number of amides is 2. The third-order valence-corrected chi connectivity index (χ3v) is 6.63. The van der Waals surface area contributed by atoms with Crippen LogP contribution in [-0.2, 0) is 14.4 Å². The number of anilines is 1. The van der Waals surface area contributed by atoms with Crippen LogP contribution in [0.4, 0.5) is 5.69 Å². The standard InChI is InChI=1S/C27H29N3O6/c1-36-19-11-7-10-18(14-19)29-26(34)24(17-8-3-2-4-9-17)30(16-23(31)32)27(35)25(33)21-15-28-22-13-6-5-12-20(21)22/h5-7,10-15,17,24,28H,2-4,8-9,16H2,1H3,(H,29,34)(H,31,32). The second-order valence-electron chi connectivity index (χ2n) is 8.97. The van der Waals surface area contributed by atoms with E-state index in [1.165, 1.54) is 13.3 Å². The number of Topliss-reactive ketones (excluding diaryl/α,β-unsaturated/α-hetero) is 1. The fraction of sp³-hybridized carbons (Fsp3) is 0.333. The Bertz CT molecular complexity index is 1280. The van der Waals surface area contributed by atoms with Crippen molar-refractivity contribution in [1.29, 1.82) is 0 Å². The van der Waals surface area contributed by atoms with E-state index in [0.717, 1.165) is 24.2 Å². The van der Waals surface area contributed by atoms with Crippen LogP contribution in [-0.4, -0.2) is 58.3 Å². The number of carboxylic acids is 1. The molecule has 1 heterocycles. The summed E-state index contributed by atoms with van der Waals surface area (Å²) in [5.74, 6) is -3.44. The number of hydrogen-bond acceptors (Lipinski definition) is 5. The van der Waals surface area contributed by atoms with Crippen LogP contribution in [0.2, 0.25) is 0 Å². The fourth-order valence-corrected chi connectivity index (χ4v) is 4.92. The van der Waals surface area contributed by atoms with Gasteiger partial charge in [-0.05, 0) is 37.0 Å². The average Bonchev–Trinajstić information content (AvgIpc) is 3.32. The molecular formula is C27H29N3O6. The second-order valence-corrected chi connectivity index (χ2v) is 8.97. The molecule has 1 aliphatic carbocycles. The zero-order chi connectivity index (χ0) is 25.7. The number of carboxylic acid groups (broad SMARTS) is 1. The van der Waals surface area contributed by atoms with Crippen molar-refractivity contribution in [3.8, 4) is 5.75 Å². The van der Waals surface area contributed by atoms with Gasteiger partial charge in [-0.3, -0.25) is 19.2 Å². The first-order valence-corrected chi connectivity index (χ1v) is 12.0. The van der Waals surface area contributed by atoms with Gasteiger partial charge >= 0.3 is 5.97 Å². The van der Waals surface area contributed by atoms with Crippen LogP contribution in [0.15, 0.2) is 54.7 Å². The summed E-state index contributed by atoms with van der Waals surface area (Å²) >= 11 is 0. The van der Waals surface area contributed by atoms with E-state index in [1.807, 2.05) is 0 Å². The number of fused-ring (bicyclic) bond motifs is 1. The van der Waals surface area contributed by atoms with Gasteiger partial charge in [0, 0.05) is 28.9 Å². The largest absolute Gasteiger partial charge is 0.497 e. The summed E-state index contributed by atoms with van der Waals surface area (Å²) < 4.78 is 5.22. The Morgan fingerprint density at radius 2 is 1.83 bits per heavy atom. The molecular weight excluding hydrogens is 462 g/mol. The molecule has 2 aromatic carbocycles. The van der Waals surface area contributed by atoms with Crippen molar-refractivity contribution in [2.24, 2.45) is 5.92 Å². The number of ether oxygens (including phenoxy) is 1. The maximum Gasteiger partial charge on any atom is 0.323 e. The highest BCUT2D eigenvalue weighted by atomic mass is 16.5. The minimum absolute atomic E-state index is 0.140. The molecule has 2 amide bonds. The Balaban J connectivity index is 1.69. The number of H-pyrrole nitrogens is 1. The molecule has 9 nitrogen and oxygen atoms in total. The van der Waals surface area contributed by atoms with Gasteiger partial charge in [-0.15, -0.1) is 0 Å². The Morgan fingerprint density at radius 1 is 1.08 bits per heavy atom. The lowest BCUT2D eigenvalue weighted by molar-refractivity contribution is -0.147. The number of benzene rings is 2. The summed E-state index contributed by atoms with van der Waals surface area (Å²) in [5.41, 5.74) is 1.27. The van der Waals surface area contributed by atoms with Crippen LogP contribution in [0.3, 0.4) is 0 Å². The molecule has 0 saturated heterocycles. The van der Waals surface area contributed by atoms with Crippen molar-refractivity contribution >= 4 is 40.2 Å². The molecule has 3 aromatic rings. The maximum atomic E-state index is 13.6. The molecule has 0 spiro atoms. The van der Waals surface area contributed by atoms with E-state index in [1.54, 1.807) is 48.5 Å². The molecule has 1 saturated carbocycles. The van der Waals surface area contributed by atoms with Gasteiger partial charge in [0.15, 0.2) is 0 Å². The molecule has 0 radical (unpaired) electrons. The molecule has 3 N–H and O–H groups in total. The quantitative estimate of drug-likeness (QED) is 0.308. The van der Waals surface area contributed by atoms with Crippen LogP contribution in [0, 0.1) is 5.92 Å². The number of methoxy groups -OCH3 is 1. The topological polar surface area (TPSA) is 129 Å². The SMILES string of the molecule is COc1cccc(NC(=O)C(C2CCCCC2)N(CC(=O)O)C(=O)C(=O)c2c[nH]c3ccccc23)c1. The van der Waals surface area contributed by atoms with Gasteiger partial charge in [-0.25, -0.2) is 0 Å². The second kappa shape index (κ2) is 11.1. The lowest BCUT2D eigenvalue weighted by Gasteiger charge is -2.36. The Labute approximate surface area is 208 Å². The summed E-state index contributed by atoms with van der Waals surface area (Å²) in [6.45, 7) is -0.764. The third kappa shape index (κ3) is 5.40. The van der Waals surface area contributed by atoms with Crippen molar-refractivity contribution in [3.63, 3.8) is 0 Å². The molecule has 1 fully saturated rings. The highest BCUT2D eigenvalue weighted by molar-refractivity contribution is 6.45. The maximum absolute atomic E-state index is 13.6. The molecule has 1 aliphatic rings. The van der Waals surface area contributed by atoms with Crippen LogP contribution < -0.4 is 10.1 Å². The number of aromatic amines is 1. The molecule has 1 aromatic heterocycles. The molecule has 0 aliphatic heterocycles. The minimum atomic E-state index is -1.30. The fourth-order valence-electron chi connectivity index (χ4n) is 4.92. The Kier molecular flexibility index (Phi) is 7.68. The summed E-state index contributed by atoms with van der Waals surface area (Å²) in [7, 11) is 1.51. The van der Waals surface area contributed by atoms with Gasteiger partial charge in [0.25, 0.3) is 11.7 Å². The summed E-state index contributed by atoms with van der Waals surface area (Å²) in [6, 6.07) is 12.7. The molecule has 4 rings (SSSR count). The van der Waals surface area contributed by atoms with E-state index < -0.39 is 36.2 Å². The first kappa shape index (κ1) is 25.0. The normalized spacial score (nSPS) is 14.7. The summed E-state index contributed by atoms with van der Waals surface area (Å²) in [6.07, 6.45) is 5.47. The number of carbonyl (C=O) groups is 4. The van der Waals surface area contributed by atoms with Crippen molar-refractivity contribution in [2.75, 3.05) is 19.0 Å². The van der Waals surface area contributed by atoms with E-state index in [2.05, 4.69) is 10.3 Å². The number of aromatic nitrogens is 1. The van der Waals surface area contributed by atoms with Crippen molar-refractivity contribution in [2.45, 2.75) is 38.1 Å². The number of nitrogens with zero attached hydrogens (tertiary/aromatic N) is 1. The highest BCUT2D eigenvalue weighted by Gasteiger charge is 2.40. The van der Waals surface area contributed by atoms with Gasteiger partial charge in [0.05, 0.1) is 12.7 Å². The number of hydrogen-bond donors (Lipinski definition) is 3. The van der Waals surface area contributed by atoms with E-state index in [9.17, 15) is 24.3 Å². The van der Waals surface area contributed by atoms with Crippen LogP contribution in [0.25, 0.3) is 10.9 Å². The number of aliphatic carboxylic acids is 1. The zero-order valence-electron chi connectivity index (χ0n) is 20.0. The summed E-state index contributed by atoms with van der Waals surface area (Å²) in [4.78, 5) is 56.2. The highest BCUT2D eigenvalue weighted by Crippen LogP contribution is 2.31. The van der Waals surface area contributed by atoms with E-state index in [4.69, 9.17) is 4.74 Å². The van der Waals surface area contributed by atoms with Gasteiger partial charge in [-0.2, -0.15) is 0 Å². The number of ketones is 1. The molecule has 1 atom stereocenters. The molecule has 9 heteroatoms. The number of para-hydroxylation sites is 1. The first-order chi connectivity index (χ1) is 17.4. The predicted molar refractivity (Wildman–Crippen MR) is 134 cm³/mol. The van der Waals surface area contributed by atoms with E-state index in [-0.39, 0.29) is 11.5 Å². The monoisotopic (exact) mass is 491 g/mol. The lowest BCUT2D eigenvalue weighted by atomic mass is 9.82.